The van der Waals surface area contributed by atoms with Crippen molar-refractivity contribution < 1.29 is 23.8 Å². The summed E-state index contributed by atoms with van der Waals surface area (Å²) in [7, 11) is 4.62. The van der Waals surface area contributed by atoms with Crippen molar-refractivity contribution in [3.63, 3.8) is 0 Å². The molecule has 0 aliphatic rings. The van der Waals surface area contributed by atoms with E-state index in [4.69, 9.17) is 14.2 Å². The van der Waals surface area contributed by atoms with E-state index < -0.39 is 0 Å². The minimum Gasteiger partial charge on any atom is -0.493 e. The molecule has 2 amide bonds. The van der Waals surface area contributed by atoms with Crippen LogP contribution in [0.1, 0.15) is 31.7 Å². The summed E-state index contributed by atoms with van der Waals surface area (Å²) in [6.07, 6.45) is 2.10. The molecule has 0 aliphatic carbocycles. The number of rotatable bonds is 13. The zero-order valence-electron chi connectivity index (χ0n) is 21.1. The highest BCUT2D eigenvalue weighted by atomic mass is 32.1. The fourth-order valence-corrected chi connectivity index (χ4v) is 4.45. The zero-order valence-corrected chi connectivity index (χ0v) is 21.9. The quantitative estimate of drug-likeness (QED) is 0.361. The van der Waals surface area contributed by atoms with Gasteiger partial charge in [-0.2, -0.15) is 0 Å². The molecule has 2 aromatic carbocycles. The standard InChI is InChI=1S/C26H32N4O5S/c1-5-14-30(23(32)12-11-18-9-7-6-8-10-18)15-13-22(31)27-26-29-28-25(36-26)19-16-20(33-2)24(35-4)21(17-19)34-3/h6-10,16-17H,5,11-15H2,1-4H3,(H,27,29,31). The molecule has 0 bridgehead atoms. The molecule has 9 nitrogen and oxygen atoms in total. The third kappa shape index (κ3) is 7.17. The summed E-state index contributed by atoms with van der Waals surface area (Å²) in [5.74, 6) is 1.31. The summed E-state index contributed by atoms with van der Waals surface area (Å²) in [4.78, 5) is 27.1. The number of carbonyl (C=O) groups is 2. The summed E-state index contributed by atoms with van der Waals surface area (Å²) in [5, 5.41) is 12.0. The fraction of sp³-hybridized carbons (Fsp3) is 0.385. The molecule has 0 atom stereocenters. The van der Waals surface area contributed by atoms with Crippen LogP contribution in [0, 0.1) is 0 Å². The largest absolute Gasteiger partial charge is 0.493 e. The molecule has 0 radical (unpaired) electrons. The number of hydrogen-bond acceptors (Lipinski definition) is 8. The number of benzene rings is 2. The van der Waals surface area contributed by atoms with E-state index >= 15 is 0 Å². The predicted octanol–water partition coefficient (Wildman–Crippen LogP) is 4.43. The molecule has 192 valence electrons. The van der Waals surface area contributed by atoms with Gasteiger partial charge in [0.25, 0.3) is 0 Å². The number of aryl methyl sites for hydroxylation is 1. The maximum Gasteiger partial charge on any atom is 0.227 e. The third-order valence-corrected chi connectivity index (χ3v) is 6.40. The molecule has 0 saturated heterocycles. The summed E-state index contributed by atoms with van der Waals surface area (Å²) >= 11 is 1.24. The lowest BCUT2D eigenvalue weighted by atomic mass is 10.1. The van der Waals surface area contributed by atoms with E-state index in [0.717, 1.165) is 17.5 Å². The highest BCUT2D eigenvalue weighted by molar-refractivity contribution is 7.18. The van der Waals surface area contributed by atoms with Gasteiger partial charge in [-0.15, -0.1) is 10.2 Å². The molecular formula is C26H32N4O5S. The molecule has 1 aromatic heterocycles. The molecule has 10 heteroatoms. The van der Waals surface area contributed by atoms with Gasteiger partial charge in [0.05, 0.1) is 21.3 Å². The first-order valence-corrected chi connectivity index (χ1v) is 12.6. The molecule has 3 aromatic rings. The van der Waals surface area contributed by atoms with Crippen molar-refractivity contribution in [2.75, 3.05) is 39.7 Å². The Hall–Kier alpha value is -3.66. The number of nitrogens with zero attached hydrogens (tertiary/aromatic N) is 3. The van der Waals surface area contributed by atoms with Crippen LogP contribution in [0.3, 0.4) is 0 Å². The summed E-state index contributed by atoms with van der Waals surface area (Å²) in [5.41, 5.74) is 1.85. The van der Waals surface area contributed by atoms with Crippen LogP contribution in [0.5, 0.6) is 17.2 Å². The van der Waals surface area contributed by atoms with Crippen molar-refractivity contribution in [3.05, 3.63) is 48.0 Å². The summed E-state index contributed by atoms with van der Waals surface area (Å²) < 4.78 is 16.2. The second-order valence-corrected chi connectivity index (χ2v) is 8.97. The van der Waals surface area contributed by atoms with Gasteiger partial charge < -0.3 is 24.4 Å². The van der Waals surface area contributed by atoms with Gasteiger partial charge in [-0.05, 0) is 30.5 Å². The Morgan fingerprint density at radius 3 is 2.25 bits per heavy atom. The van der Waals surface area contributed by atoms with E-state index in [1.807, 2.05) is 37.3 Å². The molecular weight excluding hydrogens is 480 g/mol. The van der Waals surface area contributed by atoms with Gasteiger partial charge in [0, 0.05) is 31.5 Å². The van der Waals surface area contributed by atoms with Crippen LogP contribution in [0.25, 0.3) is 10.6 Å². The van der Waals surface area contributed by atoms with E-state index in [-0.39, 0.29) is 18.2 Å². The second-order valence-electron chi connectivity index (χ2n) is 7.99. The van der Waals surface area contributed by atoms with Crippen LogP contribution < -0.4 is 19.5 Å². The van der Waals surface area contributed by atoms with Gasteiger partial charge in [0.1, 0.15) is 5.01 Å². The third-order valence-electron chi connectivity index (χ3n) is 5.51. The Morgan fingerprint density at radius 1 is 0.944 bits per heavy atom. The Kier molecular flexibility index (Phi) is 10.1. The summed E-state index contributed by atoms with van der Waals surface area (Å²) in [6, 6.07) is 13.5. The lowest BCUT2D eigenvalue weighted by molar-refractivity contribution is -0.131. The Labute approximate surface area is 215 Å². The van der Waals surface area contributed by atoms with E-state index in [1.54, 1.807) is 31.3 Å². The van der Waals surface area contributed by atoms with Crippen LogP contribution in [0.2, 0.25) is 0 Å². The molecule has 36 heavy (non-hydrogen) atoms. The average Bonchev–Trinajstić information content (AvgIpc) is 3.37. The number of anilines is 1. The Balaban J connectivity index is 1.58. The fourth-order valence-electron chi connectivity index (χ4n) is 3.70. The zero-order chi connectivity index (χ0) is 25.9. The monoisotopic (exact) mass is 512 g/mol. The topological polar surface area (TPSA) is 103 Å². The van der Waals surface area contributed by atoms with Crippen molar-refractivity contribution in [2.24, 2.45) is 0 Å². The van der Waals surface area contributed by atoms with Gasteiger partial charge in [0.2, 0.25) is 22.7 Å². The van der Waals surface area contributed by atoms with Crippen molar-refractivity contribution in [3.8, 4) is 27.8 Å². The molecule has 1 N–H and O–H groups in total. The summed E-state index contributed by atoms with van der Waals surface area (Å²) in [6.45, 7) is 2.99. The van der Waals surface area contributed by atoms with Crippen LogP contribution in [-0.2, 0) is 16.0 Å². The molecule has 0 aliphatic heterocycles. The highest BCUT2D eigenvalue weighted by Gasteiger charge is 2.18. The SMILES string of the molecule is CCCN(CCC(=O)Nc1nnc(-c2cc(OC)c(OC)c(OC)c2)s1)C(=O)CCc1ccccc1. The number of carbonyl (C=O) groups excluding carboxylic acids is 2. The predicted molar refractivity (Wildman–Crippen MR) is 140 cm³/mol. The molecule has 3 rings (SSSR count). The number of aromatic nitrogens is 2. The van der Waals surface area contributed by atoms with Crippen LogP contribution >= 0.6 is 11.3 Å². The molecule has 0 saturated carbocycles. The number of hydrogen-bond donors (Lipinski definition) is 1. The number of ether oxygens (including phenoxy) is 3. The minimum absolute atomic E-state index is 0.0501. The van der Waals surface area contributed by atoms with E-state index in [2.05, 4.69) is 15.5 Å². The first-order valence-electron chi connectivity index (χ1n) is 11.7. The van der Waals surface area contributed by atoms with E-state index in [0.29, 0.717) is 53.3 Å². The van der Waals surface area contributed by atoms with Crippen LogP contribution in [0.15, 0.2) is 42.5 Å². The molecule has 0 fully saturated rings. The Bertz CT molecular complexity index is 1130. The molecule has 0 unspecified atom stereocenters. The Morgan fingerprint density at radius 2 is 1.64 bits per heavy atom. The van der Waals surface area contributed by atoms with Crippen LogP contribution in [-0.4, -0.2) is 61.3 Å². The van der Waals surface area contributed by atoms with Crippen LogP contribution in [0.4, 0.5) is 5.13 Å². The highest BCUT2D eigenvalue weighted by Crippen LogP contribution is 2.42. The van der Waals surface area contributed by atoms with Crippen molar-refractivity contribution in [1.82, 2.24) is 15.1 Å². The van der Waals surface area contributed by atoms with Gasteiger partial charge in [-0.25, -0.2) is 0 Å². The van der Waals surface area contributed by atoms with Gasteiger partial charge in [0.15, 0.2) is 11.5 Å². The number of nitrogens with one attached hydrogen (secondary N) is 1. The van der Waals surface area contributed by atoms with Gasteiger partial charge >= 0.3 is 0 Å². The average molecular weight is 513 g/mol. The number of methoxy groups -OCH3 is 3. The normalized spacial score (nSPS) is 10.6. The van der Waals surface area contributed by atoms with Crippen molar-refractivity contribution in [1.29, 1.82) is 0 Å². The lowest BCUT2D eigenvalue weighted by Crippen LogP contribution is -2.34. The smallest absolute Gasteiger partial charge is 0.227 e. The lowest BCUT2D eigenvalue weighted by Gasteiger charge is -2.22. The molecule has 1 heterocycles. The van der Waals surface area contributed by atoms with Crippen molar-refractivity contribution >= 4 is 28.3 Å². The van der Waals surface area contributed by atoms with Crippen molar-refractivity contribution in [2.45, 2.75) is 32.6 Å². The first kappa shape index (κ1) is 26.9. The number of amides is 2. The van der Waals surface area contributed by atoms with E-state index in [1.165, 1.54) is 18.4 Å². The first-order chi connectivity index (χ1) is 17.5. The maximum atomic E-state index is 12.7. The molecule has 0 spiro atoms. The second kappa shape index (κ2) is 13.4. The minimum atomic E-state index is -0.223. The van der Waals surface area contributed by atoms with Gasteiger partial charge in [-0.1, -0.05) is 48.6 Å². The van der Waals surface area contributed by atoms with Gasteiger partial charge in [-0.3, -0.25) is 9.59 Å². The van der Waals surface area contributed by atoms with E-state index in [9.17, 15) is 9.59 Å². The maximum absolute atomic E-state index is 12.7.